The van der Waals surface area contributed by atoms with Crippen LogP contribution in [0.15, 0.2) is 33.4 Å². The fraction of sp³-hybridized carbons (Fsp3) is 0.294. The summed E-state index contributed by atoms with van der Waals surface area (Å²) in [4.78, 5) is 9.07. The van der Waals surface area contributed by atoms with Crippen LogP contribution >= 0.6 is 0 Å². The van der Waals surface area contributed by atoms with Crippen LogP contribution in [0.4, 0.5) is 5.82 Å². The molecule has 8 nitrogen and oxygen atoms in total. The molecule has 0 amide bonds. The molecule has 1 N–H and O–H groups in total. The molecule has 0 bridgehead atoms. The van der Waals surface area contributed by atoms with Crippen LogP contribution in [-0.4, -0.2) is 24.8 Å². The third kappa shape index (κ3) is 3.10. The van der Waals surface area contributed by atoms with Crippen molar-refractivity contribution in [2.45, 2.75) is 33.9 Å². The van der Waals surface area contributed by atoms with Gasteiger partial charge < -0.3 is 18.9 Å². The van der Waals surface area contributed by atoms with Crippen LogP contribution in [-0.2, 0) is 13.1 Å². The van der Waals surface area contributed by atoms with Crippen molar-refractivity contribution in [1.29, 1.82) is 0 Å². The second kappa shape index (κ2) is 6.04. The molecule has 4 rings (SSSR count). The molecule has 0 aromatic carbocycles. The molecule has 128 valence electrons. The summed E-state index contributed by atoms with van der Waals surface area (Å²) >= 11 is 0. The van der Waals surface area contributed by atoms with Gasteiger partial charge in [0, 0.05) is 18.3 Å². The molecule has 0 unspecified atom stereocenters. The molecule has 0 aliphatic rings. The highest BCUT2D eigenvalue weighted by atomic mass is 16.5. The Kier molecular flexibility index (Phi) is 3.72. The lowest BCUT2D eigenvalue weighted by Gasteiger charge is -2.09. The molecule has 0 spiro atoms. The summed E-state index contributed by atoms with van der Waals surface area (Å²) in [6.07, 6.45) is 1.98. The number of aromatic nitrogens is 5. The Balaban J connectivity index is 1.67. The van der Waals surface area contributed by atoms with Crippen LogP contribution in [0.25, 0.3) is 11.0 Å². The minimum absolute atomic E-state index is 0.525. The SMILES string of the molecule is Cc1nc(NCc2cc(C)on2)c2c(ccn2Cc2cc(C)on2)n1. The van der Waals surface area contributed by atoms with Crippen molar-refractivity contribution in [3.63, 3.8) is 0 Å². The molecule has 0 saturated heterocycles. The van der Waals surface area contributed by atoms with Crippen LogP contribution in [0.2, 0.25) is 0 Å². The van der Waals surface area contributed by atoms with Gasteiger partial charge in [0.15, 0.2) is 5.82 Å². The number of nitrogens with one attached hydrogen (secondary N) is 1. The van der Waals surface area contributed by atoms with Crippen molar-refractivity contribution in [3.05, 3.63) is 53.1 Å². The average Bonchev–Trinajstić information content (AvgIpc) is 3.27. The summed E-state index contributed by atoms with van der Waals surface area (Å²) in [6.45, 7) is 6.74. The fourth-order valence-electron chi connectivity index (χ4n) is 2.82. The van der Waals surface area contributed by atoms with Gasteiger partial charge in [-0.15, -0.1) is 0 Å². The van der Waals surface area contributed by atoms with E-state index in [1.807, 2.05) is 45.2 Å². The van der Waals surface area contributed by atoms with Crippen LogP contribution in [0.5, 0.6) is 0 Å². The maximum absolute atomic E-state index is 5.15. The zero-order chi connectivity index (χ0) is 17.4. The summed E-state index contributed by atoms with van der Waals surface area (Å²) in [5, 5.41) is 11.4. The number of aryl methyl sites for hydroxylation is 3. The van der Waals surface area contributed by atoms with Crippen molar-refractivity contribution >= 4 is 16.9 Å². The Hall–Kier alpha value is -3.16. The summed E-state index contributed by atoms with van der Waals surface area (Å²) in [5.41, 5.74) is 3.49. The number of nitrogens with zero attached hydrogens (tertiary/aromatic N) is 5. The quantitative estimate of drug-likeness (QED) is 0.597. The highest BCUT2D eigenvalue weighted by Gasteiger charge is 2.13. The number of hydrogen-bond acceptors (Lipinski definition) is 7. The van der Waals surface area contributed by atoms with E-state index in [2.05, 4.69) is 30.2 Å². The van der Waals surface area contributed by atoms with Crippen LogP contribution < -0.4 is 5.32 Å². The Labute approximate surface area is 143 Å². The summed E-state index contributed by atoms with van der Waals surface area (Å²) in [5.74, 6) is 3.04. The highest BCUT2D eigenvalue weighted by Crippen LogP contribution is 2.23. The zero-order valence-corrected chi connectivity index (χ0v) is 14.3. The Morgan fingerprint density at radius 3 is 2.40 bits per heavy atom. The highest BCUT2D eigenvalue weighted by molar-refractivity contribution is 5.86. The molecular weight excluding hydrogens is 320 g/mol. The van der Waals surface area contributed by atoms with Crippen molar-refractivity contribution < 1.29 is 9.05 Å². The van der Waals surface area contributed by atoms with E-state index in [9.17, 15) is 0 Å². The van der Waals surface area contributed by atoms with E-state index < -0.39 is 0 Å². The third-order valence-corrected chi connectivity index (χ3v) is 3.85. The largest absolute Gasteiger partial charge is 0.362 e. The Morgan fingerprint density at radius 2 is 1.72 bits per heavy atom. The first kappa shape index (κ1) is 15.4. The molecule has 4 heterocycles. The first-order valence-electron chi connectivity index (χ1n) is 8.00. The Morgan fingerprint density at radius 1 is 1.00 bits per heavy atom. The topological polar surface area (TPSA) is 94.8 Å². The van der Waals surface area contributed by atoms with E-state index in [4.69, 9.17) is 9.05 Å². The zero-order valence-electron chi connectivity index (χ0n) is 14.3. The van der Waals surface area contributed by atoms with Gasteiger partial charge in [-0.3, -0.25) is 0 Å². The molecule has 0 aliphatic heterocycles. The molecule has 4 aromatic heterocycles. The normalized spacial score (nSPS) is 11.3. The molecular formula is C17H18N6O2. The van der Waals surface area contributed by atoms with Gasteiger partial charge >= 0.3 is 0 Å². The molecule has 0 fully saturated rings. The van der Waals surface area contributed by atoms with E-state index in [-0.39, 0.29) is 0 Å². The van der Waals surface area contributed by atoms with Gasteiger partial charge in [-0.25, -0.2) is 9.97 Å². The van der Waals surface area contributed by atoms with Crippen molar-refractivity contribution in [1.82, 2.24) is 24.8 Å². The van der Waals surface area contributed by atoms with Gasteiger partial charge in [0.1, 0.15) is 34.2 Å². The lowest BCUT2D eigenvalue weighted by molar-refractivity contribution is 0.389. The minimum atomic E-state index is 0.525. The van der Waals surface area contributed by atoms with Gasteiger partial charge in [-0.2, -0.15) is 0 Å². The molecule has 4 aromatic rings. The monoisotopic (exact) mass is 338 g/mol. The first-order chi connectivity index (χ1) is 12.1. The van der Waals surface area contributed by atoms with Crippen molar-refractivity contribution in [2.24, 2.45) is 0 Å². The van der Waals surface area contributed by atoms with E-state index in [0.29, 0.717) is 18.9 Å². The number of anilines is 1. The van der Waals surface area contributed by atoms with Crippen LogP contribution in [0.1, 0.15) is 28.7 Å². The predicted molar refractivity (Wildman–Crippen MR) is 91.2 cm³/mol. The summed E-state index contributed by atoms with van der Waals surface area (Å²) in [6, 6.07) is 5.80. The number of fused-ring (bicyclic) bond motifs is 1. The average molecular weight is 338 g/mol. The van der Waals surface area contributed by atoms with Gasteiger partial charge in [0.2, 0.25) is 0 Å². The maximum Gasteiger partial charge on any atom is 0.154 e. The lowest BCUT2D eigenvalue weighted by atomic mass is 10.3. The summed E-state index contributed by atoms with van der Waals surface area (Å²) < 4.78 is 12.3. The summed E-state index contributed by atoms with van der Waals surface area (Å²) in [7, 11) is 0. The molecule has 8 heteroatoms. The standard InChI is InChI=1S/C17H18N6O2/c1-10-6-13(21-24-10)8-18-17-16-15(19-12(3)20-17)4-5-23(16)9-14-7-11(2)25-22-14/h4-7H,8-9H2,1-3H3,(H,18,19,20). The van der Waals surface area contributed by atoms with E-state index in [0.717, 1.165) is 39.8 Å². The van der Waals surface area contributed by atoms with E-state index in [1.165, 1.54) is 0 Å². The molecule has 0 radical (unpaired) electrons. The van der Waals surface area contributed by atoms with Crippen LogP contribution in [0, 0.1) is 20.8 Å². The predicted octanol–water partition coefficient (Wildman–Crippen LogP) is 2.99. The number of rotatable bonds is 5. The second-order valence-corrected chi connectivity index (χ2v) is 6.01. The van der Waals surface area contributed by atoms with Gasteiger partial charge in [0.05, 0.1) is 18.6 Å². The number of hydrogen-bond donors (Lipinski definition) is 1. The smallest absolute Gasteiger partial charge is 0.154 e. The Bertz CT molecular complexity index is 1030. The van der Waals surface area contributed by atoms with Gasteiger partial charge in [-0.1, -0.05) is 10.3 Å². The van der Waals surface area contributed by atoms with Gasteiger partial charge in [0.25, 0.3) is 0 Å². The first-order valence-corrected chi connectivity index (χ1v) is 8.00. The molecule has 0 aliphatic carbocycles. The van der Waals surface area contributed by atoms with Crippen molar-refractivity contribution in [3.8, 4) is 0 Å². The minimum Gasteiger partial charge on any atom is -0.362 e. The van der Waals surface area contributed by atoms with E-state index >= 15 is 0 Å². The van der Waals surface area contributed by atoms with Crippen LogP contribution in [0.3, 0.4) is 0 Å². The molecule has 0 atom stereocenters. The van der Waals surface area contributed by atoms with Crippen molar-refractivity contribution in [2.75, 3.05) is 5.32 Å². The molecule has 0 saturated carbocycles. The molecule has 25 heavy (non-hydrogen) atoms. The fourth-order valence-corrected chi connectivity index (χ4v) is 2.82. The second-order valence-electron chi connectivity index (χ2n) is 6.01. The van der Waals surface area contributed by atoms with E-state index in [1.54, 1.807) is 0 Å². The lowest BCUT2D eigenvalue weighted by Crippen LogP contribution is -2.07. The third-order valence-electron chi connectivity index (χ3n) is 3.85. The maximum atomic E-state index is 5.15. The van der Waals surface area contributed by atoms with Gasteiger partial charge in [-0.05, 0) is 26.8 Å².